The lowest BCUT2D eigenvalue weighted by atomic mass is 10.2. The molecule has 1 aliphatic heterocycles. The molecular formula is C15H17N5O3S. The van der Waals surface area contributed by atoms with E-state index in [4.69, 9.17) is 10.00 Å². The van der Waals surface area contributed by atoms with Gasteiger partial charge in [0.25, 0.3) is 5.16 Å². The molecule has 0 bridgehead atoms. The van der Waals surface area contributed by atoms with Crippen LogP contribution in [0.5, 0.6) is 0 Å². The highest BCUT2D eigenvalue weighted by atomic mass is 32.2. The van der Waals surface area contributed by atoms with Crippen LogP contribution in [0.4, 0.5) is 5.95 Å². The molecule has 1 saturated heterocycles. The maximum atomic E-state index is 12.6. The molecule has 0 unspecified atom stereocenters. The van der Waals surface area contributed by atoms with E-state index in [1.54, 1.807) is 31.3 Å². The van der Waals surface area contributed by atoms with Gasteiger partial charge in [-0.15, -0.1) is 10.2 Å². The third kappa shape index (κ3) is 3.25. The van der Waals surface area contributed by atoms with Gasteiger partial charge in [-0.2, -0.15) is 5.26 Å². The van der Waals surface area contributed by atoms with E-state index in [1.165, 1.54) is 4.57 Å². The molecule has 0 N–H and O–H groups in total. The van der Waals surface area contributed by atoms with Crippen LogP contribution in [0.15, 0.2) is 29.4 Å². The van der Waals surface area contributed by atoms with Crippen LogP contribution in [0, 0.1) is 11.3 Å². The Balaban J connectivity index is 1.84. The van der Waals surface area contributed by atoms with Gasteiger partial charge in [-0.1, -0.05) is 12.1 Å². The van der Waals surface area contributed by atoms with Gasteiger partial charge in [0.05, 0.1) is 30.6 Å². The zero-order valence-corrected chi connectivity index (χ0v) is 14.0. The highest BCUT2D eigenvalue weighted by Gasteiger charge is 2.26. The number of ether oxygens (including phenoxy) is 1. The molecule has 0 saturated carbocycles. The zero-order chi connectivity index (χ0) is 17.2. The first kappa shape index (κ1) is 16.4. The maximum absolute atomic E-state index is 12.6. The summed E-state index contributed by atoms with van der Waals surface area (Å²) < 4.78 is 32.1. The van der Waals surface area contributed by atoms with Crippen molar-refractivity contribution in [2.75, 3.05) is 31.2 Å². The standard InChI is InChI=1S/C15H17N5O3S/c1-19-14(20-6-8-23-9-7-20)17-18-15(19)24(21,22)11-13-4-2-12(10-16)3-5-13/h2-5H,6-9,11H2,1H3. The van der Waals surface area contributed by atoms with Crippen molar-refractivity contribution in [3.8, 4) is 6.07 Å². The van der Waals surface area contributed by atoms with E-state index in [1.807, 2.05) is 11.0 Å². The van der Waals surface area contributed by atoms with Gasteiger partial charge in [0.2, 0.25) is 15.8 Å². The largest absolute Gasteiger partial charge is 0.378 e. The van der Waals surface area contributed by atoms with Gasteiger partial charge in [0.1, 0.15) is 0 Å². The topological polar surface area (TPSA) is 101 Å². The number of anilines is 1. The third-order valence-corrected chi connectivity index (χ3v) is 5.45. The molecule has 1 aliphatic rings. The fourth-order valence-corrected chi connectivity index (χ4v) is 4.00. The molecule has 2 heterocycles. The molecule has 1 aromatic carbocycles. The summed E-state index contributed by atoms with van der Waals surface area (Å²) in [6.45, 7) is 2.48. The first-order valence-electron chi connectivity index (χ1n) is 7.45. The molecule has 126 valence electrons. The quantitative estimate of drug-likeness (QED) is 0.793. The molecule has 1 fully saturated rings. The Labute approximate surface area is 140 Å². The minimum atomic E-state index is -3.63. The number of nitriles is 1. The van der Waals surface area contributed by atoms with Crippen molar-refractivity contribution in [2.45, 2.75) is 10.9 Å². The maximum Gasteiger partial charge on any atom is 0.251 e. The average Bonchev–Trinajstić information content (AvgIpc) is 2.98. The Hall–Kier alpha value is -2.44. The molecule has 0 aliphatic carbocycles. The van der Waals surface area contributed by atoms with E-state index < -0.39 is 9.84 Å². The van der Waals surface area contributed by atoms with Gasteiger partial charge in [-0.25, -0.2) is 8.42 Å². The number of hydrogen-bond donors (Lipinski definition) is 0. The fourth-order valence-electron chi connectivity index (χ4n) is 2.58. The normalized spacial score (nSPS) is 15.2. The summed E-state index contributed by atoms with van der Waals surface area (Å²) in [6, 6.07) is 8.47. The first-order valence-corrected chi connectivity index (χ1v) is 9.10. The average molecular weight is 347 g/mol. The molecule has 0 amide bonds. The summed E-state index contributed by atoms with van der Waals surface area (Å²) in [5.41, 5.74) is 1.09. The molecule has 2 aromatic rings. The van der Waals surface area contributed by atoms with Crippen molar-refractivity contribution in [2.24, 2.45) is 7.05 Å². The Morgan fingerprint density at radius 2 is 1.88 bits per heavy atom. The van der Waals surface area contributed by atoms with E-state index in [2.05, 4.69) is 10.2 Å². The summed E-state index contributed by atoms with van der Waals surface area (Å²) in [4.78, 5) is 1.96. The summed E-state index contributed by atoms with van der Waals surface area (Å²) in [5.74, 6) is 0.338. The monoisotopic (exact) mass is 347 g/mol. The summed E-state index contributed by atoms with van der Waals surface area (Å²) in [6.07, 6.45) is 0. The van der Waals surface area contributed by atoms with Gasteiger partial charge in [0.15, 0.2) is 0 Å². The molecule has 9 heteroatoms. The van der Waals surface area contributed by atoms with Crippen molar-refractivity contribution in [3.05, 3.63) is 35.4 Å². The lowest BCUT2D eigenvalue weighted by Crippen LogP contribution is -2.37. The SMILES string of the molecule is Cn1c(N2CCOCC2)nnc1S(=O)(=O)Cc1ccc(C#N)cc1. The molecule has 1 aromatic heterocycles. The van der Waals surface area contributed by atoms with Crippen molar-refractivity contribution in [1.82, 2.24) is 14.8 Å². The number of rotatable bonds is 4. The van der Waals surface area contributed by atoms with Crippen LogP contribution in [0.3, 0.4) is 0 Å². The predicted octanol–water partition coefficient (Wildman–Crippen LogP) is 0.497. The lowest BCUT2D eigenvalue weighted by molar-refractivity contribution is 0.121. The molecule has 0 spiro atoms. The van der Waals surface area contributed by atoms with Crippen molar-refractivity contribution in [3.63, 3.8) is 0 Å². The van der Waals surface area contributed by atoms with Crippen molar-refractivity contribution >= 4 is 15.8 Å². The second-order valence-electron chi connectivity index (χ2n) is 5.51. The van der Waals surface area contributed by atoms with E-state index in [0.29, 0.717) is 43.4 Å². The third-order valence-electron chi connectivity index (χ3n) is 3.82. The van der Waals surface area contributed by atoms with E-state index in [0.717, 1.165) is 0 Å². The zero-order valence-electron chi connectivity index (χ0n) is 13.2. The Morgan fingerprint density at radius 3 is 2.50 bits per heavy atom. The molecular weight excluding hydrogens is 330 g/mol. The predicted molar refractivity (Wildman–Crippen MR) is 86.1 cm³/mol. The highest BCUT2D eigenvalue weighted by Crippen LogP contribution is 2.20. The van der Waals surface area contributed by atoms with E-state index in [-0.39, 0.29) is 10.9 Å². The lowest BCUT2D eigenvalue weighted by Gasteiger charge is -2.27. The molecule has 0 atom stereocenters. The summed E-state index contributed by atoms with van der Waals surface area (Å²) in [7, 11) is -1.98. The molecule has 8 nitrogen and oxygen atoms in total. The molecule has 0 radical (unpaired) electrons. The number of morpholine rings is 1. The van der Waals surface area contributed by atoms with E-state index >= 15 is 0 Å². The van der Waals surface area contributed by atoms with Gasteiger partial charge < -0.3 is 9.64 Å². The van der Waals surface area contributed by atoms with Crippen LogP contribution in [-0.4, -0.2) is 49.5 Å². The number of aromatic nitrogens is 3. The molecule has 3 rings (SSSR count). The highest BCUT2D eigenvalue weighted by molar-refractivity contribution is 7.90. The van der Waals surface area contributed by atoms with Crippen LogP contribution < -0.4 is 4.90 Å². The number of benzene rings is 1. The second kappa shape index (κ2) is 6.59. The Morgan fingerprint density at radius 1 is 1.21 bits per heavy atom. The Kier molecular flexibility index (Phi) is 4.51. The van der Waals surface area contributed by atoms with Crippen LogP contribution in [0.1, 0.15) is 11.1 Å². The van der Waals surface area contributed by atoms with Crippen LogP contribution in [-0.2, 0) is 27.4 Å². The van der Waals surface area contributed by atoms with Gasteiger partial charge in [-0.05, 0) is 17.7 Å². The minimum absolute atomic E-state index is 0.0617. The minimum Gasteiger partial charge on any atom is -0.378 e. The first-order chi connectivity index (χ1) is 11.5. The van der Waals surface area contributed by atoms with Gasteiger partial charge in [-0.3, -0.25) is 4.57 Å². The smallest absolute Gasteiger partial charge is 0.251 e. The van der Waals surface area contributed by atoms with Crippen molar-refractivity contribution < 1.29 is 13.2 Å². The number of nitrogens with zero attached hydrogens (tertiary/aromatic N) is 5. The second-order valence-corrected chi connectivity index (χ2v) is 7.39. The molecule has 24 heavy (non-hydrogen) atoms. The van der Waals surface area contributed by atoms with Crippen molar-refractivity contribution in [1.29, 1.82) is 5.26 Å². The van der Waals surface area contributed by atoms with Gasteiger partial charge in [0, 0.05) is 20.1 Å². The van der Waals surface area contributed by atoms with Crippen LogP contribution in [0.2, 0.25) is 0 Å². The van der Waals surface area contributed by atoms with Crippen LogP contribution >= 0.6 is 0 Å². The summed E-state index contributed by atoms with van der Waals surface area (Å²) >= 11 is 0. The number of hydrogen-bond acceptors (Lipinski definition) is 7. The Bertz CT molecular complexity index is 862. The number of sulfone groups is 1. The van der Waals surface area contributed by atoms with Gasteiger partial charge >= 0.3 is 0 Å². The van der Waals surface area contributed by atoms with Crippen LogP contribution in [0.25, 0.3) is 0 Å². The summed E-state index contributed by atoms with van der Waals surface area (Å²) in [5, 5.41) is 16.7. The van der Waals surface area contributed by atoms with E-state index in [9.17, 15) is 8.42 Å². The fraction of sp³-hybridized carbons (Fsp3) is 0.400.